The summed E-state index contributed by atoms with van der Waals surface area (Å²) in [5.41, 5.74) is 1.04. The third-order valence-electron chi connectivity index (χ3n) is 3.05. The molecular formula is C13H14Cl2LiOP. The van der Waals surface area contributed by atoms with Crippen molar-refractivity contribution >= 4 is 37.3 Å². The molecule has 1 aromatic rings. The Bertz CT molecular complexity index is 399. The van der Waals surface area contributed by atoms with E-state index in [2.05, 4.69) is 0 Å². The molecule has 0 atom stereocenters. The molecule has 0 bridgehead atoms. The monoisotopic (exact) mass is 294 g/mol. The van der Waals surface area contributed by atoms with Crippen LogP contribution in [-0.2, 0) is 0 Å². The van der Waals surface area contributed by atoms with Crippen LogP contribution in [0.4, 0.5) is 0 Å². The van der Waals surface area contributed by atoms with E-state index in [0.29, 0.717) is 21.3 Å². The first kappa shape index (κ1) is 16.6. The van der Waals surface area contributed by atoms with Crippen LogP contribution in [-0.4, -0.2) is 11.2 Å². The van der Waals surface area contributed by atoms with Gasteiger partial charge in [0.05, 0.1) is 10.0 Å². The van der Waals surface area contributed by atoms with Crippen molar-refractivity contribution in [3.8, 4) is 0 Å². The van der Waals surface area contributed by atoms with Crippen molar-refractivity contribution < 1.29 is 23.7 Å². The van der Waals surface area contributed by atoms with Crippen LogP contribution < -0.4 is 18.9 Å². The van der Waals surface area contributed by atoms with Gasteiger partial charge < -0.3 is 13.4 Å². The van der Waals surface area contributed by atoms with Crippen LogP contribution in [0.25, 0.3) is 0 Å². The SMILES string of the molecule is O=C([P-]C1CCCCC1)c1c(Cl)cccc1Cl.[Li+]. The molecule has 0 spiro atoms. The fourth-order valence-electron chi connectivity index (χ4n) is 2.14. The van der Waals surface area contributed by atoms with Gasteiger partial charge in [-0.3, -0.25) is 0 Å². The maximum atomic E-state index is 12.2. The minimum atomic E-state index is 0. The Morgan fingerprint density at radius 2 is 1.67 bits per heavy atom. The van der Waals surface area contributed by atoms with Crippen molar-refractivity contribution in [2.75, 3.05) is 0 Å². The summed E-state index contributed by atoms with van der Waals surface area (Å²) in [6.45, 7) is 0. The summed E-state index contributed by atoms with van der Waals surface area (Å²) in [6.07, 6.45) is 6.07. The van der Waals surface area contributed by atoms with Gasteiger partial charge in [0, 0.05) is 11.1 Å². The zero-order valence-electron chi connectivity index (χ0n) is 10.5. The molecule has 18 heavy (non-hydrogen) atoms. The van der Waals surface area contributed by atoms with Crippen molar-refractivity contribution in [2.45, 2.75) is 37.8 Å². The predicted octanol–water partition coefficient (Wildman–Crippen LogP) is 2.42. The molecule has 1 aliphatic carbocycles. The first-order valence-electron chi connectivity index (χ1n) is 5.87. The molecule has 0 N–H and O–H groups in total. The van der Waals surface area contributed by atoms with Crippen molar-refractivity contribution in [2.24, 2.45) is 0 Å². The molecule has 0 amide bonds. The molecule has 1 saturated carbocycles. The molecule has 1 aromatic carbocycles. The van der Waals surface area contributed by atoms with E-state index in [9.17, 15) is 4.79 Å². The van der Waals surface area contributed by atoms with Crippen molar-refractivity contribution in [3.05, 3.63) is 33.8 Å². The number of rotatable bonds is 3. The number of hydrogen-bond acceptors (Lipinski definition) is 1. The van der Waals surface area contributed by atoms with Gasteiger partial charge in [-0.15, -0.1) is 0 Å². The van der Waals surface area contributed by atoms with Gasteiger partial charge in [-0.1, -0.05) is 61.4 Å². The van der Waals surface area contributed by atoms with E-state index in [0.717, 1.165) is 21.4 Å². The number of halogens is 2. The van der Waals surface area contributed by atoms with Gasteiger partial charge in [0.2, 0.25) is 0 Å². The second kappa shape index (κ2) is 7.94. The largest absolute Gasteiger partial charge is 1.00 e. The molecule has 0 aromatic heterocycles. The zero-order chi connectivity index (χ0) is 12.3. The van der Waals surface area contributed by atoms with E-state index >= 15 is 0 Å². The van der Waals surface area contributed by atoms with Crippen LogP contribution >= 0.6 is 31.8 Å². The van der Waals surface area contributed by atoms with E-state index in [1.807, 2.05) is 0 Å². The van der Waals surface area contributed by atoms with Crippen molar-refractivity contribution in [3.63, 3.8) is 0 Å². The summed E-state index contributed by atoms with van der Waals surface area (Å²) >= 11 is 12.1. The van der Waals surface area contributed by atoms with E-state index in [1.165, 1.54) is 19.3 Å². The van der Waals surface area contributed by atoms with Crippen molar-refractivity contribution in [1.82, 2.24) is 0 Å². The van der Waals surface area contributed by atoms with E-state index in [-0.39, 0.29) is 24.4 Å². The summed E-state index contributed by atoms with van der Waals surface area (Å²) in [7, 11) is 0.856. The van der Waals surface area contributed by atoms with E-state index in [4.69, 9.17) is 23.2 Å². The second-order valence-electron chi connectivity index (χ2n) is 4.32. The summed E-state index contributed by atoms with van der Waals surface area (Å²) in [4.78, 5) is 12.2. The minimum Gasteiger partial charge on any atom is -0.456 e. The number of hydrogen-bond donors (Lipinski definition) is 0. The topological polar surface area (TPSA) is 17.1 Å². The molecule has 0 unspecified atom stereocenters. The van der Waals surface area contributed by atoms with Crippen LogP contribution in [0.2, 0.25) is 10.0 Å². The Hall–Kier alpha value is 0.497. The van der Waals surface area contributed by atoms with E-state index < -0.39 is 0 Å². The van der Waals surface area contributed by atoms with Gasteiger partial charge in [-0.25, -0.2) is 0 Å². The number of carbonyl (C=O) groups is 1. The summed E-state index contributed by atoms with van der Waals surface area (Å²) < 4.78 is 0. The average molecular weight is 295 g/mol. The average Bonchev–Trinajstić information content (AvgIpc) is 2.30. The first-order valence-corrected chi connectivity index (χ1v) is 7.59. The van der Waals surface area contributed by atoms with Crippen LogP contribution in [0.15, 0.2) is 18.2 Å². The van der Waals surface area contributed by atoms with Crippen LogP contribution in [0, 0.1) is 0 Å². The molecule has 0 radical (unpaired) electrons. The molecule has 92 valence electrons. The van der Waals surface area contributed by atoms with Gasteiger partial charge in [0.1, 0.15) is 0 Å². The van der Waals surface area contributed by atoms with Gasteiger partial charge >= 0.3 is 18.9 Å². The summed E-state index contributed by atoms with van der Waals surface area (Å²) in [5.74, 6) is 0. The second-order valence-corrected chi connectivity index (χ2v) is 6.53. The Balaban J connectivity index is 0.00000162. The Labute approximate surface area is 132 Å². The molecule has 2 rings (SSSR count). The quantitative estimate of drug-likeness (QED) is 0.618. The summed E-state index contributed by atoms with van der Waals surface area (Å²) in [5, 5.41) is 0.927. The Morgan fingerprint density at radius 1 is 1.11 bits per heavy atom. The fraction of sp³-hybridized carbons (Fsp3) is 0.462. The van der Waals surface area contributed by atoms with Crippen molar-refractivity contribution in [1.29, 1.82) is 0 Å². The van der Waals surface area contributed by atoms with Crippen LogP contribution in [0.1, 0.15) is 42.5 Å². The molecule has 0 heterocycles. The molecular weight excluding hydrogens is 281 g/mol. The van der Waals surface area contributed by atoms with Gasteiger partial charge in [0.25, 0.3) is 0 Å². The van der Waals surface area contributed by atoms with E-state index in [1.54, 1.807) is 18.2 Å². The zero-order valence-corrected chi connectivity index (χ0v) is 12.9. The minimum absolute atomic E-state index is 0. The first-order chi connectivity index (χ1) is 8.18. The number of carbonyl (C=O) groups excluding carboxylic acids is 1. The predicted molar refractivity (Wildman–Crippen MR) is 74.6 cm³/mol. The molecule has 1 nitrogen and oxygen atoms in total. The van der Waals surface area contributed by atoms with Crippen LogP contribution in [0.3, 0.4) is 0 Å². The van der Waals surface area contributed by atoms with Gasteiger partial charge in [0.15, 0.2) is 0 Å². The molecule has 0 saturated heterocycles. The standard InChI is InChI=1S/C13H14Cl2OP.Li/c14-10-7-4-8-11(15)12(10)13(16)17-9-5-2-1-3-6-9;/h4,7-9H,1-3,5-6H2;/q-1;+1. The molecule has 1 aliphatic rings. The Kier molecular flexibility index (Phi) is 7.30. The fourth-order valence-corrected chi connectivity index (χ4v) is 4.17. The molecule has 5 heteroatoms. The maximum absolute atomic E-state index is 12.2. The molecule has 1 fully saturated rings. The number of benzene rings is 1. The maximum Gasteiger partial charge on any atom is 1.00 e. The normalized spacial score (nSPS) is 16.8. The third-order valence-corrected chi connectivity index (χ3v) is 5.02. The third kappa shape index (κ3) is 4.26. The van der Waals surface area contributed by atoms with Gasteiger partial charge in [-0.2, -0.15) is 5.66 Å². The Morgan fingerprint density at radius 3 is 2.22 bits per heavy atom. The smallest absolute Gasteiger partial charge is 0.456 e. The van der Waals surface area contributed by atoms with Gasteiger partial charge in [-0.05, 0) is 12.1 Å². The molecule has 0 aliphatic heterocycles. The summed E-state index contributed by atoms with van der Waals surface area (Å²) in [6, 6.07) is 5.20. The van der Waals surface area contributed by atoms with Crippen LogP contribution in [0.5, 0.6) is 0 Å².